The molecule has 0 aromatic carbocycles. The lowest BCUT2D eigenvalue weighted by atomic mass is 10.1. The highest BCUT2D eigenvalue weighted by Gasteiger charge is 2.12. The van der Waals surface area contributed by atoms with E-state index in [4.69, 9.17) is 5.73 Å². The van der Waals surface area contributed by atoms with Crippen LogP contribution in [0.25, 0.3) is 5.69 Å². The summed E-state index contributed by atoms with van der Waals surface area (Å²) < 4.78 is 1.63. The van der Waals surface area contributed by atoms with Crippen LogP contribution < -0.4 is 5.73 Å². The molecular formula is C14H19N5O. The number of amides is 1. The molecule has 6 nitrogen and oxygen atoms in total. The fourth-order valence-electron chi connectivity index (χ4n) is 1.77. The molecule has 0 aliphatic carbocycles. The van der Waals surface area contributed by atoms with Crippen LogP contribution in [0.4, 0.5) is 0 Å². The van der Waals surface area contributed by atoms with Gasteiger partial charge >= 0.3 is 0 Å². The second kappa shape index (κ2) is 5.83. The van der Waals surface area contributed by atoms with Crippen LogP contribution in [0.15, 0.2) is 30.6 Å². The van der Waals surface area contributed by atoms with Crippen LogP contribution >= 0.6 is 0 Å². The molecule has 2 aromatic rings. The van der Waals surface area contributed by atoms with Gasteiger partial charge in [-0.3, -0.25) is 9.78 Å². The highest BCUT2D eigenvalue weighted by Crippen LogP contribution is 2.13. The number of carbonyl (C=O) groups is 1. The lowest BCUT2D eigenvalue weighted by Gasteiger charge is -2.09. The minimum Gasteiger partial charge on any atom is -0.343 e. The van der Waals surface area contributed by atoms with Crippen LogP contribution in [0.3, 0.4) is 0 Å². The normalized spacial score (nSPS) is 12.2. The van der Waals surface area contributed by atoms with Crippen molar-refractivity contribution in [3.05, 3.63) is 42.0 Å². The summed E-state index contributed by atoms with van der Waals surface area (Å²) in [4.78, 5) is 17.6. The van der Waals surface area contributed by atoms with Crippen molar-refractivity contribution >= 4 is 5.91 Å². The average Bonchev–Trinajstić information content (AvgIpc) is 2.95. The van der Waals surface area contributed by atoms with E-state index in [1.165, 1.54) is 4.90 Å². The van der Waals surface area contributed by atoms with Gasteiger partial charge in [0.1, 0.15) is 0 Å². The summed E-state index contributed by atoms with van der Waals surface area (Å²) in [5.41, 5.74) is 7.99. The van der Waals surface area contributed by atoms with Crippen molar-refractivity contribution in [1.29, 1.82) is 0 Å². The second-order valence-corrected chi connectivity index (χ2v) is 4.80. The number of pyridine rings is 1. The van der Waals surface area contributed by atoms with Crippen LogP contribution in [0, 0.1) is 0 Å². The molecule has 1 atom stereocenters. The zero-order chi connectivity index (χ0) is 14.7. The van der Waals surface area contributed by atoms with Gasteiger partial charge in [0.15, 0.2) is 5.69 Å². The summed E-state index contributed by atoms with van der Waals surface area (Å²) in [5, 5.41) is 4.25. The summed E-state index contributed by atoms with van der Waals surface area (Å²) in [7, 11) is 3.40. The highest BCUT2D eigenvalue weighted by atomic mass is 16.2. The molecule has 0 saturated carbocycles. The van der Waals surface area contributed by atoms with Crippen LogP contribution in [0.2, 0.25) is 0 Å². The number of carbonyl (C=O) groups excluding carboxylic acids is 1. The molecule has 2 heterocycles. The molecule has 6 heteroatoms. The van der Waals surface area contributed by atoms with Crippen LogP contribution in [0.1, 0.15) is 35.6 Å². The summed E-state index contributed by atoms with van der Waals surface area (Å²) in [6.45, 7) is 2.02. The summed E-state index contributed by atoms with van der Waals surface area (Å²) in [6, 6.07) is 5.43. The molecule has 2 rings (SSSR count). The number of hydrogen-bond donors (Lipinski definition) is 1. The van der Waals surface area contributed by atoms with Crippen LogP contribution in [-0.2, 0) is 0 Å². The second-order valence-electron chi connectivity index (χ2n) is 4.80. The van der Waals surface area contributed by atoms with Gasteiger partial charge in [-0.25, -0.2) is 4.68 Å². The maximum atomic E-state index is 11.8. The third kappa shape index (κ3) is 2.85. The quantitative estimate of drug-likeness (QED) is 0.913. The molecule has 1 unspecified atom stereocenters. The van der Waals surface area contributed by atoms with Crippen LogP contribution in [-0.4, -0.2) is 39.7 Å². The minimum atomic E-state index is -0.124. The third-order valence-corrected chi connectivity index (χ3v) is 3.07. The Balaban J connectivity index is 2.22. The minimum absolute atomic E-state index is 0.0486. The molecule has 0 bridgehead atoms. The SMILES string of the molecule is CCC(N)c1ccc(-n2ccc(C(=O)N(C)C)n2)cn1. The standard InChI is InChI=1S/C14H19N5O/c1-4-11(15)12-6-5-10(9-16-12)19-8-7-13(17-19)14(20)18(2)3/h5-9,11H,4,15H2,1-3H3. The van der Waals surface area contributed by atoms with Crippen molar-refractivity contribution in [2.75, 3.05) is 14.1 Å². The Kier molecular flexibility index (Phi) is 4.14. The first-order chi connectivity index (χ1) is 9.52. The zero-order valence-electron chi connectivity index (χ0n) is 11.9. The third-order valence-electron chi connectivity index (χ3n) is 3.07. The van der Waals surface area contributed by atoms with E-state index in [2.05, 4.69) is 10.1 Å². The van der Waals surface area contributed by atoms with Crippen molar-refractivity contribution in [3.63, 3.8) is 0 Å². The topological polar surface area (TPSA) is 77.0 Å². The first-order valence-electron chi connectivity index (χ1n) is 6.52. The van der Waals surface area contributed by atoms with E-state index in [1.807, 2.05) is 19.1 Å². The van der Waals surface area contributed by atoms with Gasteiger partial charge in [0.2, 0.25) is 0 Å². The maximum Gasteiger partial charge on any atom is 0.273 e. The number of nitrogens with two attached hydrogens (primary N) is 1. The molecule has 1 amide bonds. The molecule has 2 aromatic heterocycles. The largest absolute Gasteiger partial charge is 0.343 e. The lowest BCUT2D eigenvalue weighted by Crippen LogP contribution is -2.22. The first kappa shape index (κ1) is 14.2. The van der Waals surface area contributed by atoms with Crippen molar-refractivity contribution < 1.29 is 4.79 Å². The van der Waals surface area contributed by atoms with E-state index in [9.17, 15) is 4.79 Å². The first-order valence-corrected chi connectivity index (χ1v) is 6.52. The smallest absolute Gasteiger partial charge is 0.273 e. The molecular weight excluding hydrogens is 254 g/mol. The van der Waals surface area contributed by atoms with Gasteiger partial charge in [0, 0.05) is 26.3 Å². The number of aromatic nitrogens is 3. The highest BCUT2D eigenvalue weighted by molar-refractivity contribution is 5.91. The van der Waals surface area contributed by atoms with E-state index >= 15 is 0 Å². The molecule has 0 aliphatic rings. The van der Waals surface area contributed by atoms with Gasteiger partial charge in [0.05, 0.1) is 17.6 Å². The van der Waals surface area contributed by atoms with Gasteiger partial charge in [-0.05, 0) is 24.6 Å². The molecule has 0 aliphatic heterocycles. The Labute approximate surface area is 118 Å². The van der Waals surface area contributed by atoms with E-state index in [0.717, 1.165) is 17.8 Å². The molecule has 0 spiro atoms. The Morgan fingerprint density at radius 3 is 2.70 bits per heavy atom. The average molecular weight is 273 g/mol. The van der Waals surface area contributed by atoms with Gasteiger partial charge in [-0.15, -0.1) is 0 Å². The Morgan fingerprint density at radius 2 is 2.15 bits per heavy atom. The van der Waals surface area contributed by atoms with Gasteiger partial charge in [-0.1, -0.05) is 6.92 Å². The van der Waals surface area contributed by atoms with Gasteiger partial charge in [-0.2, -0.15) is 5.10 Å². The molecule has 0 fully saturated rings. The van der Waals surface area contributed by atoms with Crippen LogP contribution in [0.5, 0.6) is 0 Å². The number of nitrogens with zero attached hydrogens (tertiary/aromatic N) is 4. The van der Waals surface area contributed by atoms with E-state index in [-0.39, 0.29) is 11.9 Å². The van der Waals surface area contributed by atoms with Crippen molar-refractivity contribution in [2.24, 2.45) is 5.73 Å². The van der Waals surface area contributed by atoms with Crippen molar-refractivity contribution in [2.45, 2.75) is 19.4 Å². The predicted molar refractivity (Wildman–Crippen MR) is 76.6 cm³/mol. The molecule has 20 heavy (non-hydrogen) atoms. The summed E-state index contributed by atoms with van der Waals surface area (Å²) in [6.07, 6.45) is 4.30. The van der Waals surface area contributed by atoms with Crippen molar-refractivity contribution in [1.82, 2.24) is 19.7 Å². The van der Waals surface area contributed by atoms with Gasteiger partial charge < -0.3 is 10.6 Å². The fraction of sp³-hybridized carbons (Fsp3) is 0.357. The van der Waals surface area contributed by atoms with Gasteiger partial charge in [0.25, 0.3) is 5.91 Å². The predicted octanol–water partition coefficient (Wildman–Crippen LogP) is 1.38. The van der Waals surface area contributed by atoms with E-state index in [1.54, 1.807) is 37.2 Å². The summed E-state index contributed by atoms with van der Waals surface area (Å²) >= 11 is 0. The Morgan fingerprint density at radius 1 is 1.40 bits per heavy atom. The van der Waals surface area contributed by atoms with Crippen molar-refractivity contribution in [3.8, 4) is 5.69 Å². The fourth-order valence-corrected chi connectivity index (χ4v) is 1.77. The van der Waals surface area contributed by atoms with E-state index < -0.39 is 0 Å². The zero-order valence-corrected chi connectivity index (χ0v) is 11.9. The molecule has 0 radical (unpaired) electrons. The number of hydrogen-bond acceptors (Lipinski definition) is 4. The summed E-state index contributed by atoms with van der Waals surface area (Å²) in [5.74, 6) is -0.124. The molecule has 106 valence electrons. The Bertz CT molecular complexity index is 588. The lowest BCUT2D eigenvalue weighted by molar-refractivity contribution is 0.0821. The Hall–Kier alpha value is -2.21. The number of rotatable bonds is 4. The monoisotopic (exact) mass is 273 g/mol. The molecule has 2 N–H and O–H groups in total. The van der Waals surface area contributed by atoms with E-state index in [0.29, 0.717) is 5.69 Å². The maximum absolute atomic E-state index is 11.8. The molecule has 0 saturated heterocycles.